The first-order chi connectivity index (χ1) is 19.0. The third-order valence-corrected chi connectivity index (χ3v) is 7.17. The summed E-state index contributed by atoms with van der Waals surface area (Å²) >= 11 is 6.45. The molecule has 0 saturated carbocycles. The first kappa shape index (κ1) is 25.0. The van der Waals surface area contributed by atoms with E-state index in [1.54, 1.807) is 16.8 Å². The van der Waals surface area contributed by atoms with E-state index < -0.39 is 0 Å². The largest absolute Gasteiger partial charge is 0.457 e. The van der Waals surface area contributed by atoms with Crippen molar-refractivity contribution >= 4 is 42.3 Å². The number of benzene rings is 3. The zero-order valence-electron chi connectivity index (χ0n) is 21.1. The number of carbonyl (C=O) groups excluding carboxylic acids is 1. The minimum Gasteiger partial charge on any atom is -0.457 e. The number of piperidine rings is 1. The molecule has 0 unspecified atom stereocenters. The second-order valence-electron chi connectivity index (χ2n) is 9.50. The minimum absolute atomic E-state index is 0.000816. The molecule has 3 aromatic carbocycles. The molecule has 1 fully saturated rings. The van der Waals surface area contributed by atoms with Gasteiger partial charge in [0.15, 0.2) is 5.65 Å². The molecule has 1 aliphatic rings. The number of nitrogens with one attached hydrogen (secondary N) is 1. The van der Waals surface area contributed by atoms with Gasteiger partial charge >= 0.3 is 0 Å². The maximum atomic E-state index is 13.3. The third kappa shape index (κ3) is 5.33. The van der Waals surface area contributed by atoms with Crippen molar-refractivity contribution in [2.24, 2.45) is 0 Å². The highest BCUT2D eigenvalue weighted by molar-refractivity contribution is 6.36. The van der Waals surface area contributed by atoms with Gasteiger partial charge in [-0.05, 0) is 54.7 Å². The van der Waals surface area contributed by atoms with Gasteiger partial charge in [0.05, 0.1) is 5.69 Å². The Morgan fingerprint density at radius 1 is 0.949 bits per heavy atom. The van der Waals surface area contributed by atoms with E-state index in [0.29, 0.717) is 46.2 Å². The van der Waals surface area contributed by atoms with E-state index >= 15 is 0 Å². The second kappa shape index (κ2) is 10.8. The van der Waals surface area contributed by atoms with Crippen molar-refractivity contribution in [3.05, 3.63) is 102 Å². The third-order valence-electron chi connectivity index (χ3n) is 6.84. The summed E-state index contributed by atoms with van der Waals surface area (Å²) in [7, 11) is 6.16. The zero-order valence-corrected chi connectivity index (χ0v) is 21.9. The van der Waals surface area contributed by atoms with E-state index in [2.05, 4.69) is 10.4 Å². The maximum absolute atomic E-state index is 13.3. The fourth-order valence-corrected chi connectivity index (χ4v) is 5.06. The monoisotopic (exact) mass is 533 g/mol. The molecule has 2 radical (unpaired) electrons. The zero-order chi connectivity index (χ0) is 26.8. The van der Waals surface area contributed by atoms with Crippen LogP contribution in [0.1, 0.15) is 23.2 Å². The molecule has 6 rings (SSSR count). The number of hydrogen-bond acceptors (Lipinski definition) is 5. The number of carbonyl (C=O) groups is 1. The van der Waals surface area contributed by atoms with Gasteiger partial charge in [-0.15, -0.1) is 0 Å². The molecule has 0 bridgehead atoms. The number of nitrogens with zero attached hydrogens (tertiary/aromatic N) is 4. The summed E-state index contributed by atoms with van der Waals surface area (Å²) < 4.78 is 7.63. The van der Waals surface area contributed by atoms with Gasteiger partial charge in [-0.2, -0.15) is 9.61 Å². The van der Waals surface area contributed by atoms with Crippen LogP contribution in [-0.4, -0.2) is 52.4 Å². The molecule has 5 aromatic rings. The predicted molar refractivity (Wildman–Crippen MR) is 154 cm³/mol. The van der Waals surface area contributed by atoms with E-state index in [0.717, 1.165) is 30.0 Å². The summed E-state index contributed by atoms with van der Waals surface area (Å²) in [4.78, 5) is 19.9. The number of ether oxygens (including phenoxy) is 1. The molecule has 39 heavy (non-hydrogen) atoms. The van der Waals surface area contributed by atoms with Crippen LogP contribution in [0, 0.1) is 0 Å². The number of likely N-dealkylation sites (tertiary alicyclic amines) is 1. The van der Waals surface area contributed by atoms with Crippen molar-refractivity contribution in [2.75, 3.05) is 18.4 Å². The minimum atomic E-state index is -0.000816. The average molecular weight is 534 g/mol. The van der Waals surface area contributed by atoms with E-state index in [4.69, 9.17) is 29.2 Å². The highest BCUT2D eigenvalue weighted by Gasteiger charge is 2.25. The van der Waals surface area contributed by atoms with Crippen LogP contribution in [0.15, 0.2) is 91.1 Å². The van der Waals surface area contributed by atoms with Crippen LogP contribution >= 0.6 is 11.6 Å². The average Bonchev–Trinajstić information content (AvgIpc) is 3.35. The lowest BCUT2D eigenvalue weighted by molar-refractivity contribution is 0.0718. The van der Waals surface area contributed by atoms with Gasteiger partial charge in [0.1, 0.15) is 25.2 Å². The molecule has 0 spiro atoms. The van der Waals surface area contributed by atoms with Gasteiger partial charge in [0.2, 0.25) is 0 Å². The molecule has 1 aliphatic heterocycles. The summed E-state index contributed by atoms with van der Waals surface area (Å²) in [5, 5.41) is 8.64. The lowest BCUT2D eigenvalue weighted by Gasteiger charge is -2.33. The smallest absolute Gasteiger partial charge is 0.253 e. The van der Waals surface area contributed by atoms with Crippen LogP contribution in [0.3, 0.4) is 0 Å². The Labute approximate surface area is 232 Å². The molecular formula is C30H25BClN5O2. The summed E-state index contributed by atoms with van der Waals surface area (Å²) in [6.07, 6.45) is 3.17. The predicted octanol–water partition coefficient (Wildman–Crippen LogP) is 5.35. The molecular weight excluding hydrogens is 509 g/mol. The molecule has 2 aromatic heterocycles. The normalized spacial score (nSPS) is 13.9. The number of hydrogen-bond donors (Lipinski definition) is 1. The maximum Gasteiger partial charge on any atom is 0.253 e. The van der Waals surface area contributed by atoms with Crippen LogP contribution in [0.5, 0.6) is 11.5 Å². The van der Waals surface area contributed by atoms with Crippen LogP contribution in [0.4, 0.5) is 5.82 Å². The molecule has 192 valence electrons. The fourth-order valence-electron chi connectivity index (χ4n) is 4.83. The van der Waals surface area contributed by atoms with Crippen LogP contribution in [0.25, 0.3) is 16.9 Å². The Kier molecular flexibility index (Phi) is 6.94. The van der Waals surface area contributed by atoms with Gasteiger partial charge in [-0.3, -0.25) is 4.79 Å². The quantitative estimate of drug-likeness (QED) is 0.298. The summed E-state index contributed by atoms with van der Waals surface area (Å²) in [5.74, 6) is 2.15. The fraction of sp³-hybridized carbons (Fsp3) is 0.167. The second-order valence-corrected chi connectivity index (χ2v) is 9.90. The molecule has 7 nitrogen and oxygen atoms in total. The lowest BCUT2D eigenvalue weighted by Crippen LogP contribution is -2.42. The number of aromatic nitrogens is 3. The lowest BCUT2D eigenvalue weighted by atomic mass is 10.0. The first-order valence-electron chi connectivity index (χ1n) is 12.8. The number of para-hydroxylation sites is 1. The highest BCUT2D eigenvalue weighted by Crippen LogP contribution is 2.29. The van der Waals surface area contributed by atoms with Crippen LogP contribution in [0.2, 0.25) is 5.02 Å². The van der Waals surface area contributed by atoms with Crippen molar-refractivity contribution < 1.29 is 9.53 Å². The van der Waals surface area contributed by atoms with Crippen molar-refractivity contribution in [1.82, 2.24) is 19.5 Å². The van der Waals surface area contributed by atoms with Gasteiger partial charge in [-0.1, -0.05) is 54.1 Å². The first-order valence-corrected chi connectivity index (χ1v) is 13.2. The van der Waals surface area contributed by atoms with Gasteiger partial charge in [0.25, 0.3) is 5.91 Å². The number of rotatable bonds is 6. The Bertz CT molecular complexity index is 1630. The number of anilines is 1. The molecule has 3 heterocycles. The standard InChI is InChI=1S/C30H25BClN5O2/c31-25-19-33-37-28(18-27(35-29(25)37)24-11-4-5-12-26(24)32)34-21-13-15-36(16-14-21)30(38)20-7-6-10-23(17-20)39-22-8-2-1-3-9-22/h1-12,17-19,21,34H,13-16H2. The van der Waals surface area contributed by atoms with Gasteiger partial charge < -0.3 is 15.0 Å². The van der Waals surface area contributed by atoms with E-state index in [1.165, 1.54) is 0 Å². The summed E-state index contributed by atoms with van der Waals surface area (Å²) in [6, 6.07) is 26.5. The number of fused-ring (bicyclic) bond motifs is 1. The molecule has 1 N–H and O–H groups in total. The van der Waals surface area contributed by atoms with Crippen molar-refractivity contribution in [3.8, 4) is 22.8 Å². The molecule has 0 atom stereocenters. The SMILES string of the molecule is [B]c1cnn2c(NC3CCN(C(=O)c4cccc(Oc5ccccc5)c4)CC3)cc(-c3ccccc3Cl)nc12. The molecule has 1 amide bonds. The Hall–Kier alpha value is -4.30. The molecule has 9 heteroatoms. The molecule has 0 aliphatic carbocycles. The Morgan fingerprint density at radius 3 is 2.49 bits per heavy atom. The van der Waals surface area contributed by atoms with Crippen LogP contribution < -0.4 is 15.5 Å². The number of amides is 1. The topological polar surface area (TPSA) is 71.8 Å². The van der Waals surface area contributed by atoms with Gasteiger partial charge in [0, 0.05) is 47.5 Å². The number of halogens is 1. The van der Waals surface area contributed by atoms with Crippen molar-refractivity contribution in [1.29, 1.82) is 0 Å². The van der Waals surface area contributed by atoms with Crippen molar-refractivity contribution in [3.63, 3.8) is 0 Å². The summed E-state index contributed by atoms with van der Waals surface area (Å²) in [6.45, 7) is 1.26. The molecule has 1 saturated heterocycles. The Morgan fingerprint density at radius 2 is 1.69 bits per heavy atom. The Balaban J connectivity index is 1.15. The highest BCUT2D eigenvalue weighted by atomic mass is 35.5. The van der Waals surface area contributed by atoms with E-state index in [9.17, 15) is 4.79 Å². The van der Waals surface area contributed by atoms with Gasteiger partial charge in [-0.25, -0.2) is 4.98 Å². The van der Waals surface area contributed by atoms with E-state index in [1.807, 2.05) is 83.8 Å². The summed E-state index contributed by atoms with van der Waals surface area (Å²) in [5.41, 5.74) is 3.21. The van der Waals surface area contributed by atoms with E-state index in [-0.39, 0.29) is 11.9 Å². The van der Waals surface area contributed by atoms with Crippen LogP contribution in [-0.2, 0) is 0 Å². The van der Waals surface area contributed by atoms with Crippen molar-refractivity contribution in [2.45, 2.75) is 18.9 Å².